The number of Topliss-reactive ketones (excluding diaryl/α,β-unsaturated/α-hetero) is 1. The molecule has 0 bridgehead atoms. The molecule has 0 aliphatic carbocycles. The maximum absolute atomic E-state index is 12.4. The summed E-state index contributed by atoms with van der Waals surface area (Å²) < 4.78 is 7.67. The summed E-state index contributed by atoms with van der Waals surface area (Å²) in [7, 11) is 0. The van der Waals surface area contributed by atoms with E-state index in [0.29, 0.717) is 28.4 Å². The highest BCUT2D eigenvalue weighted by molar-refractivity contribution is 7.99. The van der Waals surface area contributed by atoms with Gasteiger partial charge in [-0.05, 0) is 43.3 Å². The Morgan fingerprint density at radius 1 is 0.917 bits per heavy atom. The van der Waals surface area contributed by atoms with E-state index in [1.165, 1.54) is 6.92 Å². The lowest BCUT2D eigenvalue weighted by atomic mass is 10.1. The molecule has 2 heterocycles. The van der Waals surface area contributed by atoms with Gasteiger partial charge in [0.25, 0.3) is 11.1 Å². The van der Waals surface area contributed by atoms with E-state index in [-0.39, 0.29) is 22.7 Å². The molecule has 178 valence electrons. The topological polar surface area (TPSA) is 103 Å². The number of aromatic nitrogens is 4. The van der Waals surface area contributed by atoms with Crippen LogP contribution in [0.3, 0.4) is 0 Å². The summed E-state index contributed by atoms with van der Waals surface area (Å²) >= 11 is 1.14. The van der Waals surface area contributed by atoms with Gasteiger partial charge in [-0.3, -0.25) is 9.59 Å². The van der Waals surface area contributed by atoms with Crippen molar-refractivity contribution in [2.24, 2.45) is 0 Å². The van der Waals surface area contributed by atoms with E-state index in [1.54, 1.807) is 28.9 Å². The van der Waals surface area contributed by atoms with Gasteiger partial charge in [-0.25, -0.2) is 4.68 Å². The Bertz CT molecular complexity index is 1500. The Hall–Kier alpha value is -4.50. The Morgan fingerprint density at radius 3 is 2.31 bits per heavy atom. The molecule has 0 saturated heterocycles. The van der Waals surface area contributed by atoms with Crippen LogP contribution < -0.4 is 5.32 Å². The van der Waals surface area contributed by atoms with Gasteiger partial charge in [0.2, 0.25) is 5.91 Å². The third-order valence-electron chi connectivity index (χ3n) is 5.32. The van der Waals surface area contributed by atoms with E-state index >= 15 is 0 Å². The van der Waals surface area contributed by atoms with E-state index < -0.39 is 0 Å². The number of nitrogens with one attached hydrogen (secondary N) is 1. The number of ketones is 1. The van der Waals surface area contributed by atoms with Gasteiger partial charge in [0.1, 0.15) is 5.69 Å². The van der Waals surface area contributed by atoms with E-state index in [9.17, 15) is 9.59 Å². The van der Waals surface area contributed by atoms with Crippen LogP contribution >= 0.6 is 11.8 Å². The van der Waals surface area contributed by atoms with Gasteiger partial charge < -0.3 is 9.73 Å². The number of hydrogen-bond acceptors (Lipinski definition) is 7. The number of rotatable bonds is 8. The maximum Gasteiger partial charge on any atom is 0.277 e. The van der Waals surface area contributed by atoms with E-state index in [0.717, 1.165) is 23.0 Å². The number of para-hydroxylation sites is 1. The molecule has 0 unspecified atom stereocenters. The summed E-state index contributed by atoms with van der Waals surface area (Å²) in [4.78, 5) is 23.8. The fourth-order valence-electron chi connectivity index (χ4n) is 3.54. The molecule has 0 aliphatic rings. The van der Waals surface area contributed by atoms with E-state index in [2.05, 4.69) is 15.5 Å². The molecule has 0 atom stereocenters. The van der Waals surface area contributed by atoms with Gasteiger partial charge in [-0.15, -0.1) is 10.2 Å². The lowest BCUT2D eigenvalue weighted by Crippen LogP contribution is -2.14. The standard InChI is InChI=1S/C27H21N5O3S/c1-18(33)19-12-14-21(15-13-19)28-24(34)17-36-27-30-29-26(35-27)23-16-32(22-10-6-3-7-11-22)31-25(23)20-8-4-2-5-9-20/h2-16H,17H2,1H3,(H,28,34). The minimum atomic E-state index is -0.225. The first-order chi connectivity index (χ1) is 17.6. The van der Waals surface area contributed by atoms with Crippen molar-refractivity contribution in [2.45, 2.75) is 12.1 Å². The monoisotopic (exact) mass is 495 g/mol. The average Bonchev–Trinajstić information content (AvgIpc) is 3.56. The number of hydrogen-bond donors (Lipinski definition) is 1. The van der Waals surface area contributed by atoms with Crippen LogP contribution in [0.4, 0.5) is 5.69 Å². The highest BCUT2D eigenvalue weighted by Gasteiger charge is 2.20. The minimum Gasteiger partial charge on any atom is -0.411 e. The molecule has 0 aliphatic heterocycles. The number of benzene rings is 3. The van der Waals surface area contributed by atoms with E-state index in [4.69, 9.17) is 9.52 Å². The van der Waals surface area contributed by atoms with Crippen molar-refractivity contribution in [2.75, 3.05) is 11.1 Å². The highest BCUT2D eigenvalue weighted by atomic mass is 32.2. The average molecular weight is 496 g/mol. The fourth-order valence-corrected chi connectivity index (χ4v) is 4.11. The largest absolute Gasteiger partial charge is 0.411 e. The van der Waals surface area contributed by atoms with Crippen LogP contribution in [0.2, 0.25) is 0 Å². The first kappa shape index (κ1) is 23.3. The molecule has 9 heteroatoms. The van der Waals surface area contributed by atoms with Crippen molar-refractivity contribution in [1.82, 2.24) is 20.0 Å². The van der Waals surface area contributed by atoms with E-state index in [1.807, 2.05) is 66.9 Å². The second-order valence-electron chi connectivity index (χ2n) is 7.88. The Balaban J connectivity index is 1.32. The van der Waals surface area contributed by atoms with Crippen molar-refractivity contribution in [3.05, 3.63) is 96.7 Å². The van der Waals surface area contributed by atoms with Crippen LogP contribution in [-0.4, -0.2) is 37.4 Å². The summed E-state index contributed by atoms with van der Waals surface area (Å²) in [5.41, 5.74) is 4.43. The maximum atomic E-state index is 12.4. The minimum absolute atomic E-state index is 0.0274. The van der Waals surface area contributed by atoms with Gasteiger partial charge >= 0.3 is 0 Å². The number of nitrogens with zero attached hydrogens (tertiary/aromatic N) is 4. The molecule has 5 aromatic rings. The SMILES string of the molecule is CC(=O)c1ccc(NC(=O)CSc2nnc(-c3cn(-c4ccccc4)nc3-c3ccccc3)o2)cc1. The summed E-state index contributed by atoms with van der Waals surface area (Å²) in [5, 5.41) is 16.2. The van der Waals surface area contributed by atoms with Crippen molar-refractivity contribution >= 4 is 29.1 Å². The number of thioether (sulfide) groups is 1. The van der Waals surface area contributed by atoms with Crippen molar-refractivity contribution < 1.29 is 14.0 Å². The molecule has 8 nitrogen and oxygen atoms in total. The fraction of sp³-hybridized carbons (Fsp3) is 0.0741. The van der Waals surface area contributed by atoms with Crippen molar-refractivity contribution in [1.29, 1.82) is 0 Å². The third kappa shape index (κ3) is 5.26. The lowest BCUT2D eigenvalue weighted by Gasteiger charge is -2.04. The second kappa shape index (κ2) is 10.4. The number of anilines is 1. The molecule has 5 rings (SSSR count). The third-order valence-corrected chi connectivity index (χ3v) is 6.14. The first-order valence-corrected chi connectivity index (χ1v) is 12.1. The summed E-state index contributed by atoms with van der Waals surface area (Å²) in [5.74, 6) is 0.154. The van der Waals surface area contributed by atoms with Crippen molar-refractivity contribution in [3.8, 4) is 28.4 Å². The molecule has 0 fully saturated rings. The van der Waals surface area contributed by atoms with Crippen LogP contribution in [0, 0.1) is 0 Å². The normalized spacial score (nSPS) is 10.8. The van der Waals surface area contributed by atoms with Crippen LogP contribution in [0.5, 0.6) is 0 Å². The molecule has 2 aromatic heterocycles. The molecule has 1 amide bonds. The first-order valence-electron chi connectivity index (χ1n) is 11.1. The smallest absolute Gasteiger partial charge is 0.277 e. The van der Waals surface area contributed by atoms with Crippen molar-refractivity contribution in [3.63, 3.8) is 0 Å². The molecular formula is C27H21N5O3S. The zero-order chi connectivity index (χ0) is 24.9. The summed E-state index contributed by atoms with van der Waals surface area (Å²) in [6.45, 7) is 1.50. The molecule has 3 aromatic carbocycles. The predicted molar refractivity (Wildman–Crippen MR) is 138 cm³/mol. The predicted octanol–water partition coefficient (Wildman–Crippen LogP) is 5.52. The molecular weight excluding hydrogens is 474 g/mol. The molecule has 1 N–H and O–H groups in total. The highest BCUT2D eigenvalue weighted by Crippen LogP contribution is 2.32. The summed E-state index contributed by atoms with van der Waals surface area (Å²) in [6.07, 6.45) is 1.86. The quantitative estimate of drug-likeness (QED) is 0.223. The zero-order valence-electron chi connectivity index (χ0n) is 19.3. The van der Waals surface area contributed by atoms with Gasteiger partial charge in [-0.1, -0.05) is 60.3 Å². The number of amides is 1. The molecule has 0 spiro atoms. The molecule has 0 radical (unpaired) electrons. The second-order valence-corrected chi connectivity index (χ2v) is 8.81. The molecule has 36 heavy (non-hydrogen) atoms. The van der Waals surface area contributed by atoms with Crippen LogP contribution in [0.15, 0.2) is 101 Å². The van der Waals surface area contributed by atoms with Gasteiger partial charge in [-0.2, -0.15) is 5.10 Å². The summed E-state index contributed by atoms with van der Waals surface area (Å²) in [6, 6.07) is 26.3. The Morgan fingerprint density at radius 2 is 1.61 bits per heavy atom. The van der Waals surface area contributed by atoms with Gasteiger partial charge in [0.15, 0.2) is 5.78 Å². The Labute approximate surface area is 211 Å². The van der Waals surface area contributed by atoms with Gasteiger partial charge in [0.05, 0.1) is 17.0 Å². The number of carbonyl (C=O) groups excluding carboxylic acids is 2. The van der Waals surface area contributed by atoms with Gasteiger partial charge in [0, 0.05) is 23.0 Å². The Kier molecular flexibility index (Phi) is 6.72. The molecule has 0 saturated carbocycles. The van der Waals surface area contributed by atoms with Crippen LogP contribution in [0.25, 0.3) is 28.4 Å². The van der Waals surface area contributed by atoms with Crippen LogP contribution in [0.1, 0.15) is 17.3 Å². The zero-order valence-corrected chi connectivity index (χ0v) is 20.1. The number of carbonyl (C=O) groups is 2. The lowest BCUT2D eigenvalue weighted by molar-refractivity contribution is -0.113. The van der Waals surface area contributed by atoms with Crippen LogP contribution in [-0.2, 0) is 4.79 Å².